The Kier molecular flexibility index (Phi) is 5.40. The predicted molar refractivity (Wildman–Crippen MR) is 111 cm³/mol. The molecule has 0 radical (unpaired) electrons. The largest absolute Gasteiger partial charge is 0.427 e. The molecule has 0 aliphatic carbocycles. The molecule has 2 aromatic rings. The molecule has 0 bridgehead atoms. The highest BCUT2D eigenvalue weighted by atomic mass is 16.1. The van der Waals surface area contributed by atoms with E-state index in [4.69, 9.17) is 0 Å². The molecule has 4 nitrogen and oxygen atoms in total. The van der Waals surface area contributed by atoms with Gasteiger partial charge in [-0.3, -0.25) is 9.69 Å². The number of benzene rings is 2. The quantitative estimate of drug-likeness (QED) is 0.806. The Labute approximate surface area is 161 Å². The SMILES string of the molecule is O=C(NC1CCN(Cc2ccccc2)C1)c1ccc(B2C=CC=CN2)cc1. The predicted octanol–water partition coefficient (Wildman–Crippen LogP) is 2.10. The first kappa shape index (κ1) is 17.6. The Morgan fingerprint density at radius 2 is 1.93 bits per heavy atom. The normalized spacial score (nSPS) is 19.1. The number of hydrogen-bond donors (Lipinski definition) is 2. The van der Waals surface area contributed by atoms with Crippen molar-refractivity contribution < 1.29 is 4.79 Å². The van der Waals surface area contributed by atoms with Crippen molar-refractivity contribution >= 4 is 18.2 Å². The third kappa shape index (κ3) is 4.49. The highest BCUT2D eigenvalue weighted by Gasteiger charge is 2.24. The van der Waals surface area contributed by atoms with Gasteiger partial charge in [-0.05, 0) is 36.4 Å². The zero-order valence-electron chi connectivity index (χ0n) is 15.3. The molecule has 1 unspecified atom stereocenters. The molecule has 1 fully saturated rings. The molecule has 4 rings (SSSR count). The van der Waals surface area contributed by atoms with Crippen LogP contribution in [0.2, 0.25) is 0 Å². The Morgan fingerprint density at radius 3 is 2.67 bits per heavy atom. The molecule has 0 saturated carbocycles. The minimum Gasteiger partial charge on any atom is -0.427 e. The number of carbonyl (C=O) groups excluding carboxylic acids is 1. The average Bonchev–Trinajstić information content (AvgIpc) is 3.16. The van der Waals surface area contributed by atoms with Gasteiger partial charge in [0.05, 0.1) is 0 Å². The Balaban J connectivity index is 1.30. The summed E-state index contributed by atoms with van der Waals surface area (Å²) in [6, 6.07) is 18.6. The molecule has 2 heterocycles. The summed E-state index contributed by atoms with van der Waals surface area (Å²) >= 11 is 0. The molecule has 0 spiro atoms. The van der Waals surface area contributed by atoms with Gasteiger partial charge in [0.2, 0.25) is 0 Å². The topological polar surface area (TPSA) is 44.4 Å². The molecule has 1 amide bonds. The van der Waals surface area contributed by atoms with Crippen LogP contribution in [0.5, 0.6) is 0 Å². The summed E-state index contributed by atoms with van der Waals surface area (Å²) in [5, 5.41) is 6.48. The van der Waals surface area contributed by atoms with E-state index in [1.54, 1.807) is 0 Å². The molecule has 2 N–H and O–H groups in total. The van der Waals surface area contributed by atoms with Crippen LogP contribution >= 0.6 is 0 Å². The summed E-state index contributed by atoms with van der Waals surface area (Å²) in [6.07, 6.45) is 6.94. The van der Waals surface area contributed by atoms with Gasteiger partial charge in [-0.2, -0.15) is 0 Å². The van der Waals surface area contributed by atoms with Crippen molar-refractivity contribution in [3.05, 3.63) is 90.1 Å². The van der Waals surface area contributed by atoms with Crippen molar-refractivity contribution in [1.82, 2.24) is 15.4 Å². The molecule has 5 heteroatoms. The molecule has 1 saturated heterocycles. The number of nitrogens with one attached hydrogen (secondary N) is 2. The first-order valence-electron chi connectivity index (χ1n) is 9.54. The fourth-order valence-corrected chi connectivity index (χ4v) is 3.70. The Morgan fingerprint density at radius 1 is 1.11 bits per heavy atom. The monoisotopic (exact) mass is 357 g/mol. The number of hydrogen-bond acceptors (Lipinski definition) is 3. The van der Waals surface area contributed by atoms with Crippen LogP contribution in [0.1, 0.15) is 22.3 Å². The van der Waals surface area contributed by atoms with Crippen molar-refractivity contribution in [3.8, 4) is 0 Å². The molecule has 0 aromatic heterocycles. The number of carbonyl (C=O) groups is 1. The summed E-state index contributed by atoms with van der Waals surface area (Å²) in [5.74, 6) is 2.12. The van der Waals surface area contributed by atoms with Crippen molar-refractivity contribution in [1.29, 1.82) is 0 Å². The number of likely N-dealkylation sites (tertiary alicyclic amines) is 1. The highest BCUT2D eigenvalue weighted by molar-refractivity contribution is 6.76. The van der Waals surface area contributed by atoms with Crippen LogP contribution in [0.15, 0.2) is 78.9 Å². The smallest absolute Gasteiger partial charge is 0.312 e. The fraction of sp³-hybridized carbons (Fsp3) is 0.227. The van der Waals surface area contributed by atoms with E-state index in [0.29, 0.717) is 0 Å². The van der Waals surface area contributed by atoms with Crippen LogP contribution in [-0.4, -0.2) is 36.8 Å². The number of rotatable bonds is 5. The fourth-order valence-electron chi connectivity index (χ4n) is 3.70. The van der Waals surface area contributed by atoms with Crippen molar-refractivity contribution in [2.75, 3.05) is 13.1 Å². The summed E-state index contributed by atoms with van der Waals surface area (Å²) in [5.41, 5.74) is 3.19. The molecule has 136 valence electrons. The summed E-state index contributed by atoms with van der Waals surface area (Å²) in [7, 11) is 0. The van der Waals surface area contributed by atoms with Gasteiger partial charge in [0.1, 0.15) is 0 Å². The maximum Gasteiger partial charge on any atom is 0.312 e. The third-order valence-corrected chi connectivity index (χ3v) is 5.18. The Bertz CT molecular complexity index is 832. The Hall–Kier alpha value is -2.79. The van der Waals surface area contributed by atoms with Crippen LogP contribution in [0.25, 0.3) is 0 Å². The lowest BCUT2D eigenvalue weighted by Gasteiger charge is -2.17. The molecule has 1 atom stereocenters. The lowest BCUT2D eigenvalue weighted by atomic mass is 9.55. The van der Waals surface area contributed by atoms with Gasteiger partial charge in [0.25, 0.3) is 5.91 Å². The van der Waals surface area contributed by atoms with E-state index in [1.165, 1.54) is 5.56 Å². The molecule has 2 aromatic carbocycles. The van der Waals surface area contributed by atoms with E-state index in [-0.39, 0.29) is 18.8 Å². The minimum absolute atomic E-state index is 0.0140. The lowest BCUT2D eigenvalue weighted by Crippen LogP contribution is -2.42. The van der Waals surface area contributed by atoms with E-state index < -0.39 is 0 Å². The number of amides is 1. The van der Waals surface area contributed by atoms with Crippen LogP contribution in [0.3, 0.4) is 0 Å². The first-order valence-corrected chi connectivity index (χ1v) is 9.54. The van der Waals surface area contributed by atoms with Gasteiger partial charge in [0.15, 0.2) is 0 Å². The van der Waals surface area contributed by atoms with Gasteiger partial charge in [-0.1, -0.05) is 60.0 Å². The summed E-state index contributed by atoms with van der Waals surface area (Å²) in [4.78, 5) is 15.0. The second-order valence-electron chi connectivity index (χ2n) is 7.19. The van der Waals surface area contributed by atoms with Crippen molar-refractivity contribution in [2.24, 2.45) is 0 Å². The first-order chi connectivity index (χ1) is 13.3. The van der Waals surface area contributed by atoms with Gasteiger partial charge < -0.3 is 10.5 Å². The third-order valence-electron chi connectivity index (χ3n) is 5.18. The highest BCUT2D eigenvalue weighted by Crippen LogP contribution is 2.14. The second-order valence-corrected chi connectivity index (χ2v) is 7.19. The zero-order valence-corrected chi connectivity index (χ0v) is 15.3. The number of nitrogens with zero attached hydrogens (tertiary/aromatic N) is 1. The molecular formula is C22H24BN3O. The van der Waals surface area contributed by atoms with Crippen molar-refractivity contribution in [2.45, 2.75) is 19.0 Å². The van der Waals surface area contributed by atoms with Gasteiger partial charge in [0, 0.05) is 31.2 Å². The summed E-state index contributed by atoms with van der Waals surface area (Å²) < 4.78 is 0. The van der Waals surface area contributed by atoms with Crippen LogP contribution in [0, 0.1) is 0 Å². The van der Waals surface area contributed by atoms with E-state index in [9.17, 15) is 4.79 Å². The van der Waals surface area contributed by atoms with Gasteiger partial charge in [-0.15, -0.1) is 0 Å². The van der Waals surface area contributed by atoms with Crippen LogP contribution < -0.4 is 16.0 Å². The molecule has 2 aliphatic heterocycles. The van der Waals surface area contributed by atoms with E-state index >= 15 is 0 Å². The lowest BCUT2D eigenvalue weighted by molar-refractivity contribution is 0.0937. The van der Waals surface area contributed by atoms with Crippen LogP contribution in [-0.2, 0) is 6.54 Å². The van der Waals surface area contributed by atoms with Gasteiger partial charge in [-0.25, -0.2) is 0 Å². The van der Waals surface area contributed by atoms with E-state index in [2.05, 4.69) is 45.7 Å². The average molecular weight is 357 g/mol. The zero-order chi connectivity index (χ0) is 18.5. The molecule has 27 heavy (non-hydrogen) atoms. The van der Waals surface area contributed by atoms with Crippen molar-refractivity contribution in [3.63, 3.8) is 0 Å². The summed E-state index contributed by atoms with van der Waals surface area (Å²) in [6.45, 7) is 3.04. The maximum atomic E-state index is 12.6. The van der Waals surface area contributed by atoms with E-state index in [0.717, 1.165) is 37.1 Å². The minimum atomic E-state index is 0.0140. The van der Waals surface area contributed by atoms with Crippen LogP contribution in [0.4, 0.5) is 0 Å². The van der Waals surface area contributed by atoms with E-state index in [1.807, 2.05) is 48.7 Å². The maximum absolute atomic E-state index is 12.6. The molecule has 2 aliphatic rings. The second kappa shape index (κ2) is 8.27. The number of allylic oxidation sites excluding steroid dienone is 2. The standard InChI is InChI=1S/C22H24BN3O/c27-22(19-8-10-20(11-9-19)23-13-4-5-14-24-23)25-21-12-15-26(17-21)16-18-6-2-1-3-7-18/h1-11,13-14,21,24H,12,15-17H2,(H,25,27). The van der Waals surface area contributed by atoms with Gasteiger partial charge >= 0.3 is 6.85 Å². The molecular weight excluding hydrogens is 333 g/mol.